The quantitative estimate of drug-likeness (QED) is 0.579. The standard InChI is InChI=1S/C26H40N2/c1-23(2,3)20-15-18(28-17-21(20)24(4,5)6)16-26(10,11)19-13-12-14-27-22(19)25(7,8)9/h12-15,17H,16H2,1-11H3. The number of aromatic nitrogens is 2. The number of pyridine rings is 2. The van der Waals surface area contributed by atoms with Gasteiger partial charge in [0.2, 0.25) is 0 Å². The summed E-state index contributed by atoms with van der Waals surface area (Å²) in [6, 6.07) is 6.64. The first-order valence-corrected chi connectivity index (χ1v) is 10.5. The van der Waals surface area contributed by atoms with Crippen LogP contribution in [-0.4, -0.2) is 9.97 Å². The fourth-order valence-corrected chi connectivity index (χ4v) is 3.91. The van der Waals surface area contributed by atoms with Crippen molar-refractivity contribution in [1.82, 2.24) is 9.97 Å². The van der Waals surface area contributed by atoms with Crippen LogP contribution in [0.15, 0.2) is 30.6 Å². The first kappa shape index (κ1) is 22.6. The molecule has 0 bridgehead atoms. The van der Waals surface area contributed by atoms with Crippen LogP contribution in [-0.2, 0) is 28.1 Å². The molecule has 0 unspecified atom stereocenters. The van der Waals surface area contributed by atoms with Gasteiger partial charge in [0.15, 0.2) is 0 Å². The van der Waals surface area contributed by atoms with Crippen molar-refractivity contribution in [3.8, 4) is 0 Å². The lowest BCUT2D eigenvalue weighted by atomic mass is 9.73. The van der Waals surface area contributed by atoms with Gasteiger partial charge in [-0.05, 0) is 51.5 Å². The summed E-state index contributed by atoms with van der Waals surface area (Å²) in [4.78, 5) is 9.64. The van der Waals surface area contributed by atoms with Gasteiger partial charge in [-0.1, -0.05) is 82.2 Å². The van der Waals surface area contributed by atoms with Crippen molar-refractivity contribution in [2.45, 2.75) is 104 Å². The molecule has 0 amide bonds. The fourth-order valence-electron chi connectivity index (χ4n) is 3.91. The van der Waals surface area contributed by atoms with Crippen molar-refractivity contribution < 1.29 is 0 Å². The molecule has 2 aromatic heterocycles. The Bertz CT molecular complexity index is 825. The van der Waals surface area contributed by atoms with Gasteiger partial charge >= 0.3 is 0 Å². The lowest BCUT2D eigenvalue weighted by Gasteiger charge is -2.33. The molecule has 0 fully saturated rings. The van der Waals surface area contributed by atoms with Gasteiger partial charge in [-0.25, -0.2) is 0 Å². The topological polar surface area (TPSA) is 25.8 Å². The van der Waals surface area contributed by atoms with Gasteiger partial charge in [0.05, 0.1) is 0 Å². The van der Waals surface area contributed by atoms with Crippen LogP contribution in [0.3, 0.4) is 0 Å². The van der Waals surface area contributed by atoms with Crippen LogP contribution >= 0.6 is 0 Å². The minimum Gasteiger partial charge on any atom is -0.261 e. The zero-order valence-electron chi connectivity index (χ0n) is 20.0. The first-order valence-electron chi connectivity index (χ1n) is 10.5. The fraction of sp³-hybridized carbons (Fsp3) is 0.615. The summed E-state index contributed by atoms with van der Waals surface area (Å²) >= 11 is 0. The maximum atomic E-state index is 4.90. The monoisotopic (exact) mass is 380 g/mol. The molecule has 2 rings (SSSR count). The third-order valence-corrected chi connectivity index (χ3v) is 5.45. The number of rotatable bonds is 3. The highest BCUT2D eigenvalue weighted by Gasteiger charge is 2.31. The lowest BCUT2D eigenvalue weighted by molar-refractivity contribution is 0.473. The second-order valence-electron chi connectivity index (χ2n) is 11.9. The number of hydrogen-bond acceptors (Lipinski definition) is 2. The van der Waals surface area contributed by atoms with E-state index >= 15 is 0 Å². The van der Waals surface area contributed by atoms with E-state index in [1.54, 1.807) is 0 Å². The Morgan fingerprint density at radius 2 is 1.25 bits per heavy atom. The van der Waals surface area contributed by atoms with Crippen LogP contribution in [0.2, 0.25) is 0 Å². The molecule has 154 valence electrons. The zero-order valence-corrected chi connectivity index (χ0v) is 20.0. The van der Waals surface area contributed by atoms with Crippen LogP contribution in [0.4, 0.5) is 0 Å². The van der Waals surface area contributed by atoms with Crippen LogP contribution in [0.25, 0.3) is 0 Å². The highest BCUT2D eigenvalue weighted by molar-refractivity contribution is 5.39. The van der Waals surface area contributed by atoms with Crippen LogP contribution in [0, 0.1) is 0 Å². The van der Waals surface area contributed by atoms with Gasteiger partial charge in [0.1, 0.15) is 0 Å². The normalized spacial score (nSPS) is 13.7. The van der Waals surface area contributed by atoms with E-state index < -0.39 is 0 Å². The van der Waals surface area contributed by atoms with E-state index in [1.165, 1.54) is 22.4 Å². The molecular weight excluding hydrogens is 340 g/mol. The number of hydrogen-bond donors (Lipinski definition) is 0. The molecule has 2 nitrogen and oxygen atoms in total. The van der Waals surface area contributed by atoms with Gasteiger partial charge in [-0.3, -0.25) is 9.97 Å². The Morgan fingerprint density at radius 1 is 0.679 bits per heavy atom. The van der Waals surface area contributed by atoms with Crippen molar-refractivity contribution in [3.05, 3.63) is 58.7 Å². The molecule has 2 heterocycles. The smallest absolute Gasteiger partial charge is 0.0494 e. The van der Waals surface area contributed by atoms with E-state index in [0.29, 0.717) is 0 Å². The molecule has 2 heteroatoms. The molecule has 0 radical (unpaired) electrons. The van der Waals surface area contributed by atoms with E-state index in [0.717, 1.165) is 12.1 Å². The average molecular weight is 381 g/mol. The van der Waals surface area contributed by atoms with E-state index in [-0.39, 0.29) is 21.7 Å². The predicted molar refractivity (Wildman–Crippen MR) is 121 cm³/mol. The highest BCUT2D eigenvalue weighted by atomic mass is 14.7. The van der Waals surface area contributed by atoms with Crippen molar-refractivity contribution in [2.75, 3.05) is 0 Å². The molecule has 28 heavy (non-hydrogen) atoms. The van der Waals surface area contributed by atoms with E-state index in [9.17, 15) is 0 Å². The van der Waals surface area contributed by atoms with Gasteiger partial charge < -0.3 is 0 Å². The van der Waals surface area contributed by atoms with Gasteiger partial charge in [0, 0.05) is 29.2 Å². The summed E-state index contributed by atoms with van der Waals surface area (Å²) in [6.07, 6.45) is 4.92. The zero-order chi connectivity index (χ0) is 21.5. The minimum atomic E-state index is -0.0394. The Labute approximate surface area is 173 Å². The van der Waals surface area contributed by atoms with Crippen LogP contribution in [0.5, 0.6) is 0 Å². The second-order valence-corrected chi connectivity index (χ2v) is 11.9. The number of nitrogens with zero attached hydrogens (tertiary/aromatic N) is 2. The highest BCUT2D eigenvalue weighted by Crippen LogP contribution is 2.37. The lowest BCUT2D eigenvalue weighted by Crippen LogP contribution is -2.29. The predicted octanol–water partition coefficient (Wildman–Crippen LogP) is 6.89. The van der Waals surface area contributed by atoms with Crippen molar-refractivity contribution in [2.24, 2.45) is 0 Å². The van der Waals surface area contributed by atoms with Crippen LogP contribution < -0.4 is 0 Å². The molecular formula is C26H40N2. The Morgan fingerprint density at radius 3 is 1.75 bits per heavy atom. The van der Waals surface area contributed by atoms with Crippen molar-refractivity contribution in [3.63, 3.8) is 0 Å². The van der Waals surface area contributed by atoms with Gasteiger partial charge in [-0.15, -0.1) is 0 Å². The van der Waals surface area contributed by atoms with Crippen molar-refractivity contribution >= 4 is 0 Å². The summed E-state index contributed by atoms with van der Waals surface area (Å²) < 4.78 is 0. The molecule has 0 saturated carbocycles. The molecule has 0 aliphatic rings. The second kappa shape index (κ2) is 7.28. The molecule has 0 atom stereocenters. The summed E-state index contributed by atoms with van der Waals surface area (Å²) in [5, 5.41) is 0. The molecule has 0 saturated heterocycles. The molecule has 0 N–H and O–H groups in total. The van der Waals surface area contributed by atoms with Gasteiger partial charge in [-0.2, -0.15) is 0 Å². The average Bonchev–Trinajstić information content (AvgIpc) is 2.52. The summed E-state index contributed by atoms with van der Waals surface area (Å²) in [6.45, 7) is 25.1. The summed E-state index contributed by atoms with van der Waals surface area (Å²) in [5.74, 6) is 0. The molecule has 0 aliphatic carbocycles. The van der Waals surface area contributed by atoms with Crippen molar-refractivity contribution in [1.29, 1.82) is 0 Å². The first-order chi connectivity index (χ1) is 12.5. The Balaban J connectivity index is 2.51. The molecule has 0 spiro atoms. The SMILES string of the molecule is CC(C)(C)c1cnc(CC(C)(C)c2cccnc2C(C)(C)C)cc1C(C)(C)C. The largest absolute Gasteiger partial charge is 0.261 e. The van der Waals surface area contributed by atoms with E-state index in [1.807, 2.05) is 6.20 Å². The van der Waals surface area contributed by atoms with Crippen LogP contribution in [0.1, 0.15) is 104 Å². The summed E-state index contributed by atoms with van der Waals surface area (Å²) in [5.41, 5.74) is 6.58. The van der Waals surface area contributed by atoms with E-state index in [4.69, 9.17) is 9.97 Å². The maximum absolute atomic E-state index is 4.90. The third kappa shape index (κ3) is 5.01. The molecule has 2 aromatic rings. The summed E-state index contributed by atoms with van der Waals surface area (Å²) in [7, 11) is 0. The molecule has 0 aromatic carbocycles. The Hall–Kier alpha value is -1.70. The van der Waals surface area contributed by atoms with E-state index in [2.05, 4.69) is 101 Å². The Kier molecular flexibility index (Phi) is 5.87. The minimum absolute atomic E-state index is 0.0218. The van der Waals surface area contributed by atoms with Gasteiger partial charge in [0.25, 0.3) is 0 Å². The molecule has 0 aliphatic heterocycles. The maximum Gasteiger partial charge on any atom is 0.0494 e. The third-order valence-electron chi connectivity index (χ3n) is 5.45.